The highest BCUT2D eigenvalue weighted by molar-refractivity contribution is 6.07. The van der Waals surface area contributed by atoms with Crippen molar-refractivity contribution in [2.24, 2.45) is 0 Å². The molecule has 0 spiro atoms. The molecule has 0 atom stereocenters. The van der Waals surface area contributed by atoms with Gasteiger partial charge >= 0.3 is 0 Å². The van der Waals surface area contributed by atoms with Gasteiger partial charge in [-0.2, -0.15) is 15.4 Å². The molecule has 3 rings (SSSR count). The molecule has 0 aliphatic rings. The standard InChI is InChI=1S/C14H13N5O/c1-8-2-4-11(10(15)6-8)16-14(20)9-3-5-12-13(7-9)18-19-17-12/h2-7H,15H2,1H3,(H,16,20)(H,17,18,19). The summed E-state index contributed by atoms with van der Waals surface area (Å²) < 4.78 is 0. The average Bonchev–Trinajstić information content (AvgIpc) is 2.89. The van der Waals surface area contributed by atoms with Crippen LogP contribution in [0.3, 0.4) is 0 Å². The first-order valence-electron chi connectivity index (χ1n) is 6.11. The van der Waals surface area contributed by atoms with Crippen molar-refractivity contribution in [2.75, 3.05) is 11.1 Å². The number of benzene rings is 2. The van der Waals surface area contributed by atoms with Crippen molar-refractivity contribution in [1.29, 1.82) is 0 Å². The van der Waals surface area contributed by atoms with Gasteiger partial charge in [0.1, 0.15) is 11.0 Å². The zero-order chi connectivity index (χ0) is 14.1. The van der Waals surface area contributed by atoms with Crippen molar-refractivity contribution in [3.05, 3.63) is 47.5 Å². The number of H-pyrrole nitrogens is 1. The molecule has 6 heteroatoms. The van der Waals surface area contributed by atoms with Crippen molar-refractivity contribution in [3.8, 4) is 0 Å². The van der Waals surface area contributed by atoms with Crippen LogP contribution in [0.5, 0.6) is 0 Å². The van der Waals surface area contributed by atoms with Crippen LogP contribution in [0.1, 0.15) is 15.9 Å². The number of nitrogen functional groups attached to an aromatic ring is 1. The number of rotatable bonds is 2. The molecule has 0 unspecified atom stereocenters. The second-order valence-electron chi connectivity index (χ2n) is 4.57. The molecule has 1 aromatic heterocycles. The van der Waals surface area contributed by atoms with E-state index in [2.05, 4.69) is 20.7 Å². The Hall–Kier alpha value is -2.89. The number of carbonyl (C=O) groups is 1. The largest absolute Gasteiger partial charge is 0.397 e. The summed E-state index contributed by atoms with van der Waals surface area (Å²) in [5.74, 6) is -0.231. The van der Waals surface area contributed by atoms with E-state index in [0.29, 0.717) is 22.5 Å². The van der Waals surface area contributed by atoms with Gasteiger partial charge in [-0.15, -0.1) is 0 Å². The minimum absolute atomic E-state index is 0.231. The van der Waals surface area contributed by atoms with Gasteiger partial charge in [0.05, 0.1) is 11.4 Å². The van der Waals surface area contributed by atoms with Crippen molar-refractivity contribution < 1.29 is 4.79 Å². The SMILES string of the molecule is Cc1ccc(NC(=O)c2ccc3n[nH]nc3c2)c(N)c1. The number of hydrogen-bond acceptors (Lipinski definition) is 4. The first-order valence-corrected chi connectivity index (χ1v) is 6.11. The lowest BCUT2D eigenvalue weighted by atomic mass is 10.1. The van der Waals surface area contributed by atoms with Gasteiger partial charge in [0, 0.05) is 5.56 Å². The van der Waals surface area contributed by atoms with Crippen LogP contribution in [0.25, 0.3) is 11.0 Å². The third kappa shape index (κ3) is 2.18. The highest BCUT2D eigenvalue weighted by atomic mass is 16.1. The van der Waals surface area contributed by atoms with Crippen molar-refractivity contribution in [2.45, 2.75) is 6.92 Å². The van der Waals surface area contributed by atoms with Crippen LogP contribution in [0, 0.1) is 6.92 Å². The Balaban J connectivity index is 1.88. The highest BCUT2D eigenvalue weighted by Gasteiger charge is 2.10. The molecular formula is C14H13N5O. The van der Waals surface area contributed by atoms with E-state index in [0.717, 1.165) is 11.1 Å². The number of aromatic amines is 1. The van der Waals surface area contributed by atoms with E-state index in [-0.39, 0.29) is 5.91 Å². The first kappa shape index (κ1) is 12.2. The van der Waals surface area contributed by atoms with Crippen LogP contribution in [-0.4, -0.2) is 21.3 Å². The number of nitrogens with zero attached hydrogens (tertiary/aromatic N) is 2. The molecular weight excluding hydrogens is 254 g/mol. The fourth-order valence-corrected chi connectivity index (χ4v) is 1.97. The summed E-state index contributed by atoms with van der Waals surface area (Å²) in [7, 11) is 0. The van der Waals surface area contributed by atoms with Crippen molar-refractivity contribution >= 4 is 28.3 Å². The van der Waals surface area contributed by atoms with E-state index < -0.39 is 0 Å². The Labute approximate surface area is 115 Å². The fourth-order valence-electron chi connectivity index (χ4n) is 1.97. The molecule has 3 aromatic rings. The number of carbonyl (C=O) groups excluding carboxylic acids is 1. The van der Waals surface area contributed by atoms with Gasteiger partial charge in [-0.25, -0.2) is 0 Å². The van der Waals surface area contributed by atoms with E-state index in [1.807, 2.05) is 19.1 Å². The second-order valence-corrected chi connectivity index (χ2v) is 4.57. The number of hydrogen-bond donors (Lipinski definition) is 3. The molecule has 0 saturated heterocycles. The molecule has 1 amide bonds. The third-order valence-electron chi connectivity index (χ3n) is 3.03. The molecule has 6 nitrogen and oxygen atoms in total. The maximum absolute atomic E-state index is 12.2. The Morgan fingerprint density at radius 1 is 1.15 bits per heavy atom. The van der Waals surface area contributed by atoms with E-state index in [1.165, 1.54) is 0 Å². The molecule has 0 aliphatic carbocycles. The van der Waals surface area contributed by atoms with E-state index in [9.17, 15) is 4.79 Å². The van der Waals surface area contributed by atoms with Crippen LogP contribution >= 0.6 is 0 Å². The minimum atomic E-state index is -0.231. The molecule has 20 heavy (non-hydrogen) atoms. The Morgan fingerprint density at radius 2 is 1.95 bits per heavy atom. The zero-order valence-corrected chi connectivity index (χ0v) is 10.8. The second kappa shape index (κ2) is 4.65. The number of anilines is 2. The Morgan fingerprint density at radius 3 is 2.75 bits per heavy atom. The number of nitrogens with one attached hydrogen (secondary N) is 2. The van der Waals surface area contributed by atoms with E-state index >= 15 is 0 Å². The molecule has 0 fully saturated rings. The molecule has 4 N–H and O–H groups in total. The Kier molecular flexibility index (Phi) is 2.83. The molecule has 0 saturated carbocycles. The van der Waals surface area contributed by atoms with Gasteiger partial charge in [-0.1, -0.05) is 6.07 Å². The Bertz CT molecular complexity index is 793. The predicted molar refractivity (Wildman–Crippen MR) is 77.4 cm³/mol. The summed E-state index contributed by atoms with van der Waals surface area (Å²) >= 11 is 0. The van der Waals surface area contributed by atoms with Gasteiger partial charge < -0.3 is 11.1 Å². The van der Waals surface area contributed by atoms with Crippen molar-refractivity contribution in [1.82, 2.24) is 15.4 Å². The van der Waals surface area contributed by atoms with E-state index in [4.69, 9.17) is 5.73 Å². The number of fused-ring (bicyclic) bond motifs is 1. The molecule has 0 aliphatic heterocycles. The quantitative estimate of drug-likeness (QED) is 0.619. The maximum atomic E-state index is 12.2. The number of amides is 1. The monoisotopic (exact) mass is 267 g/mol. The molecule has 0 radical (unpaired) electrons. The summed E-state index contributed by atoms with van der Waals surface area (Å²) in [5, 5.41) is 13.2. The lowest BCUT2D eigenvalue weighted by Crippen LogP contribution is -2.13. The average molecular weight is 267 g/mol. The summed E-state index contributed by atoms with van der Waals surface area (Å²) in [5.41, 5.74) is 9.94. The summed E-state index contributed by atoms with van der Waals surface area (Å²) in [6.07, 6.45) is 0. The number of aryl methyl sites for hydroxylation is 1. The minimum Gasteiger partial charge on any atom is -0.397 e. The van der Waals surface area contributed by atoms with Crippen LogP contribution in [0.2, 0.25) is 0 Å². The predicted octanol–water partition coefficient (Wildman–Crippen LogP) is 2.10. The van der Waals surface area contributed by atoms with Gasteiger partial charge in [0.15, 0.2) is 0 Å². The van der Waals surface area contributed by atoms with Gasteiger partial charge in [-0.3, -0.25) is 4.79 Å². The first-order chi connectivity index (χ1) is 9.63. The number of aromatic nitrogens is 3. The lowest BCUT2D eigenvalue weighted by Gasteiger charge is -2.08. The normalized spacial score (nSPS) is 10.7. The van der Waals surface area contributed by atoms with Gasteiger partial charge in [-0.05, 0) is 42.8 Å². The molecule has 1 heterocycles. The maximum Gasteiger partial charge on any atom is 0.255 e. The highest BCUT2D eigenvalue weighted by Crippen LogP contribution is 2.20. The van der Waals surface area contributed by atoms with Crippen LogP contribution in [0.4, 0.5) is 11.4 Å². The smallest absolute Gasteiger partial charge is 0.255 e. The zero-order valence-electron chi connectivity index (χ0n) is 10.8. The van der Waals surface area contributed by atoms with Crippen LogP contribution in [0.15, 0.2) is 36.4 Å². The van der Waals surface area contributed by atoms with Crippen LogP contribution < -0.4 is 11.1 Å². The lowest BCUT2D eigenvalue weighted by molar-refractivity contribution is 0.102. The van der Waals surface area contributed by atoms with Crippen LogP contribution in [-0.2, 0) is 0 Å². The summed E-state index contributed by atoms with van der Waals surface area (Å²) in [6.45, 7) is 1.94. The molecule has 2 aromatic carbocycles. The summed E-state index contributed by atoms with van der Waals surface area (Å²) in [4.78, 5) is 12.2. The third-order valence-corrected chi connectivity index (χ3v) is 3.03. The number of nitrogens with two attached hydrogens (primary N) is 1. The molecule has 100 valence electrons. The molecule has 0 bridgehead atoms. The fraction of sp³-hybridized carbons (Fsp3) is 0.0714. The topological polar surface area (TPSA) is 96.7 Å². The summed E-state index contributed by atoms with van der Waals surface area (Å²) in [6, 6.07) is 10.6. The van der Waals surface area contributed by atoms with E-state index in [1.54, 1.807) is 24.3 Å². The van der Waals surface area contributed by atoms with Crippen molar-refractivity contribution in [3.63, 3.8) is 0 Å². The van der Waals surface area contributed by atoms with Gasteiger partial charge in [0.2, 0.25) is 0 Å². The van der Waals surface area contributed by atoms with Gasteiger partial charge in [0.25, 0.3) is 5.91 Å².